The zero-order valence-electron chi connectivity index (χ0n) is 15.5. The van der Waals surface area contributed by atoms with Crippen molar-refractivity contribution < 1.29 is 19.4 Å². The van der Waals surface area contributed by atoms with Crippen LogP contribution >= 0.6 is 11.8 Å². The monoisotopic (exact) mass is 397 g/mol. The number of ether oxygens (including phenoxy) is 1. The third-order valence-corrected chi connectivity index (χ3v) is 6.67. The van der Waals surface area contributed by atoms with Crippen molar-refractivity contribution >= 4 is 23.8 Å². The second-order valence-electron chi connectivity index (χ2n) is 7.24. The molecule has 0 radical (unpaired) electrons. The average molecular weight is 397 g/mol. The molecule has 1 aliphatic carbocycles. The summed E-state index contributed by atoms with van der Waals surface area (Å²) in [5.74, 6) is 0.791. The fraction of sp³-hybridized carbons (Fsp3) is 0.364. The molecule has 1 atom stereocenters. The van der Waals surface area contributed by atoms with Crippen LogP contribution in [0.2, 0.25) is 0 Å². The van der Waals surface area contributed by atoms with Gasteiger partial charge in [-0.1, -0.05) is 48.5 Å². The Bertz CT molecular complexity index is 833. The predicted octanol–water partition coefficient (Wildman–Crippen LogP) is 4.12. The Morgan fingerprint density at radius 1 is 1.04 bits per heavy atom. The minimum atomic E-state index is -0.995. The summed E-state index contributed by atoms with van der Waals surface area (Å²) in [5.41, 5.74) is 4.59. The van der Waals surface area contributed by atoms with Crippen LogP contribution in [0.4, 0.5) is 4.79 Å². The Morgan fingerprint density at radius 2 is 1.61 bits per heavy atom. The summed E-state index contributed by atoms with van der Waals surface area (Å²) in [7, 11) is 0. The molecule has 146 valence electrons. The molecule has 28 heavy (non-hydrogen) atoms. The van der Waals surface area contributed by atoms with E-state index in [2.05, 4.69) is 29.6 Å². The largest absolute Gasteiger partial charge is 0.480 e. The van der Waals surface area contributed by atoms with Gasteiger partial charge in [0, 0.05) is 5.92 Å². The smallest absolute Gasteiger partial charge is 0.407 e. The van der Waals surface area contributed by atoms with E-state index in [1.54, 1.807) is 0 Å². The first-order valence-corrected chi connectivity index (χ1v) is 10.7. The Morgan fingerprint density at radius 3 is 2.18 bits per heavy atom. The molecule has 0 aromatic heterocycles. The first-order chi connectivity index (χ1) is 13.6. The number of hydrogen-bond donors (Lipinski definition) is 2. The van der Waals surface area contributed by atoms with Gasteiger partial charge in [-0.2, -0.15) is 11.8 Å². The summed E-state index contributed by atoms with van der Waals surface area (Å²) < 4.78 is 5.49. The second-order valence-corrected chi connectivity index (χ2v) is 8.46. The van der Waals surface area contributed by atoms with Crippen molar-refractivity contribution in [3.8, 4) is 11.1 Å². The molecule has 0 bridgehead atoms. The molecule has 5 nitrogen and oxygen atoms in total. The molecule has 1 unspecified atom stereocenters. The van der Waals surface area contributed by atoms with Crippen LogP contribution in [0.25, 0.3) is 11.1 Å². The first kappa shape index (κ1) is 18.9. The molecule has 0 saturated carbocycles. The highest BCUT2D eigenvalue weighted by Crippen LogP contribution is 2.44. The number of carbonyl (C=O) groups excluding carboxylic acids is 1. The number of fused-ring (bicyclic) bond motifs is 3. The van der Waals surface area contributed by atoms with Gasteiger partial charge in [-0.05, 0) is 52.5 Å². The summed E-state index contributed by atoms with van der Waals surface area (Å²) in [6.07, 6.45) is 0.934. The number of benzene rings is 2. The minimum Gasteiger partial charge on any atom is -0.480 e. The van der Waals surface area contributed by atoms with Gasteiger partial charge in [0.25, 0.3) is 0 Å². The van der Waals surface area contributed by atoms with Gasteiger partial charge in [-0.3, -0.25) is 0 Å². The summed E-state index contributed by atoms with van der Waals surface area (Å²) in [4.78, 5) is 24.0. The molecule has 1 heterocycles. The number of aliphatic carboxylic acids is 1. The highest BCUT2D eigenvalue weighted by Gasteiger charge is 2.33. The Balaban J connectivity index is 1.44. The SMILES string of the molecule is O=C(NC(C(=O)O)C1CCSCC1)OCC1c2ccccc2-c2ccccc21. The molecule has 1 aliphatic heterocycles. The normalized spacial score (nSPS) is 17.4. The van der Waals surface area contributed by atoms with Crippen molar-refractivity contribution in [2.75, 3.05) is 18.1 Å². The van der Waals surface area contributed by atoms with Gasteiger partial charge in [-0.15, -0.1) is 0 Å². The molecule has 2 aliphatic rings. The number of amides is 1. The maximum absolute atomic E-state index is 12.4. The lowest BCUT2D eigenvalue weighted by Gasteiger charge is -2.27. The number of nitrogens with one attached hydrogen (secondary N) is 1. The highest BCUT2D eigenvalue weighted by molar-refractivity contribution is 7.99. The zero-order chi connectivity index (χ0) is 19.5. The van der Waals surface area contributed by atoms with Crippen molar-refractivity contribution in [1.29, 1.82) is 0 Å². The van der Waals surface area contributed by atoms with Gasteiger partial charge in [0.05, 0.1) is 0 Å². The van der Waals surface area contributed by atoms with E-state index in [1.807, 2.05) is 36.0 Å². The van der Waals surface area contributed by atoms with Gasteiger partial charge in [0.15, 0.2) is 0 Å². The molecular weight excluding hydrogens is 374 g/mol. The molecule has 2 N–H and O–H groups in total. The van der Waals surface area contributed by atoms with Crippen LogP contribution < -0.4 is 5.32 Å². The van der Waals surface area contributed by atoms with Crippen LogP contribution in [0.1, 0.15) is 29.9 Å². The molecule has 6 heteroatoms. The van der Waals surface area contributed by atoms with Crippen molar-refractivity contribution in [2.24, 2.45) is 5.92 Å². The van der Waals surface area contributed by atoms with Crippen molar-refractivity contribution in [3.63, 3.8) is 0 Å². The number of thioether (sulfide) groups is 1. The topological polar surface area (TPSA) is 75.6 Å². The molecule has 1 fully saturated rings. The van der Waals surface area contributed by atoms with Crippen molar-refractivity contribution in [1.82, 2.24) is 5.32 Å². The lowest BCUT2D eigenvalue weighted by molar-refractivity contribution is -0.140. The first-order valence-electron chi connectivity index (χ1n) is 9.57. The van der Waals surface area contributed by atoms with E-state index < -0.39 is 18.1 Å². The molecule has 2 aromatic rings. The third kappa shape index (κ3) is 3.74. The molecule has 2 aromatic carbocycles. The van der Waals surface area contributed by atoms with Crippen molar-refractivity contribution in [2.45, 2.75) is 24.8 Å². The van der Waals surface area contributed by atoms with Crippen LogP contribution in [0.3, 0.4) is 0 Å². The van der Waals surface area contributed by atoms with Gasteiger partial charge in [0.1, 0.15) is 12.6 Å². The van der Waals surface area contributed by atoms with Crippen LogP contribution in [-0.4, -0.2) is 41.3 Å². The summed E-state index contributed by atoms with van der Waals surface area (Å²) >= 11 is 1.82. The van der Waals surface area contributed by atoms with E-state index in [0.717, 1.165) is 46.6 Å². The quantitative estimate of drug-likeness (QED) is 0.794. The van der Waals surface area contributed by atoms with Crippen LogP contribution in [-0.2, 0) is 9.53 Å². The Kier molecular flexibility index (Phi) is 5.57. The summed E-state index contributed by atoms with van der Waals surface area (Å²) in [6.45, 7) is 0.187. The molecule has 4 rings (SSSR count). The fourth-order valence-electron chi connectivity index (χ4n) is 4.20. The fourth-order valence-corrected chi connectivity index (χ4v) is 5.34. The van der Waals surface area contributed by atoms with Crippen LogP contribution in [0, 0.1) is 5.92 Å². The number of hydrogen-bond acceptors (Lipinski definition) is 4. The number of carbonyl (C=O) groups is 2. The van der Waals surface area contributed by atoms with Gasteiger partial charge in [0.2, 0.25) is 0 Å². The number of carboxylic acid groups (broad SMARTS) is 1. The highest BCUT2D eigenvalue weighted by atomic mass is 32.2. The van der Waals surface area contributed by atoms with Crippen LogP contribution in [0.15, 0.2) is 48.5 Å². The standard InChI is InChI=1S/C22H23NO4S/c24-21(25)20(14-9-11-28-12-10-14)23-22(26)27-13-19-17-7-3-1-5-15(17)16-6-2-4-8-18(16)19/h1-8,14,19-20H,9-13H2,(H,23,26)(H,24,25). The zero-order valence-corrected chi connectivity index (χ0v) is 16.3. The van der Waals surface area contributed by atoms with E-state index in [4.69, 9.17) is 4.74 Å². The number of rotatable bonds is 5. The van der Waals surface area contributed by atoms with E-state index in [0.29, 0.717) is 0 Å². The van der Waals surface area contributed by atoms with E-state index in [1.165, 1.54) is 0 Å². The maximum atomic E-state index is 12.4. The molecule has 1 amide bonds. The lowest BCUT2D eigenvalue weighted by Crippen LogP contribution is -2.47. The van der Waals surface area contributed by atoms with Gasteiger partial charge < -0.3 is 15.2 Å². The second kappa shape index (κ2) is 8.27. The van der Waals surface area contributed by atoms with E-state index >= 15 is 0 Å². The summed E-state index contributed by atoms with van der Waals surface area (Å²) in [5, 5.41) is 12.1. The molecule has 0 spiro atoms. The molecule has 1 saturated heterocycles. The van der Waals surface area contributed by atoms with Crippen molar-refractivity contribution in [3.05, 3.63) is 59.7 Å². The van der Waals surface area contributed by atoms with Crippen LogP contribution in [0.5, 0.6) is 0 Å². The Hall–Kier alpha value is -2.47. The van der Waals surface area contributed by atoms with Gasteiger partial charge in [-0.25, -0.2) is 9.59 Å². The lowest BCUT2D eigenvalue weighted by atomic mass is 9.94. The van der Waals surface area contributed by atoms with Gasteiger partial charge >= 0.3 is 12.1 Å². The molecular formula is C22H23NO4S. The summed E-state index contributed by atoms with van der Waals surface area (Å²) in [6, 6.07) is 15.4. The third-order valence-electron chi connectivity index (χ3n) is 5.62. The van der Waals surface area contributed by atoms with E-state index in [-0.39, 0.29) is 18.4 Å². The maximum Gasteiger partial charge on any atom is 0.407 e. The van der Waals surface area contributed by atoms with E-state index in [9.17, 15) is 14.7 Å². The predicted molar refractivity (Wildman–Crippen MR) is 110 cm³/mol. The minimum absolute atomic E-state index is 0.0347. The number of alkyl carbamates (subject to hydrolysis) is 1. The average Bonchev–Trinajstić information content (AvgIpc) is 3.05. The Labute approximate surface area is 168 Å². The number of carboxylic acids is 1.